The average Bonchev–Trinajstić information content (AvgIpc) is 2.55. The summed E-state index contributed by atoms with van der Waals surface area (Å²) >= 11 is 0. The molecule has 0 fully saturated rings. The molecule has 0 saturated carbocycles. The van der Waals surface area contributed by atoms with E-state index in [0.29, 0.717) is 5.69 Å². The molecular weight excluding hydrogens is 328 g/mol. The summed E-state index contributed by atoms with van der Waals surface area (Å²) in [5.41, 5.74) is 3.54. The number of aromatic nitrogens is 1. The number of hydrogen-bond acceptors (Lipinski definition) is 5. The monoisotopic (exact) mass is 346 g/mol. The lowest BCUT2D eigenvalue weighted by atomic mass is 10.2. The first-order valence-electron chi connectivity index (χ1n) is 7.17. The number of carbonyl (C=O) groups excluding carboxylic acids is 1. The van der Waals surface area contributed by atoms with Crippen molar-refractivity contribution in [3.05, 3.63) is 60.4 Å². The quantitative estimate of drug-likeness (QED) is 0.632. The lowest BCUT2D eigenvalue weighted by molar-refractivity contribution is -0.121. The Morgan fingerprint density at radius 1 is 1.21 bits per heavy atom. The van der Waals surface area contributed by atoms with E-state index in [1.165, 1.54) is 13.1 Å². The number of benzene rings is 1. The van der Waals surface area contributed by atoms with Gasteiger partial charge in [-0.15, -0.1) is 0 Å². The largest absolute Gasteiger partial charge is 0.271 e. The van der Waals surface area contributed by atoms with E-state index in [9.17, 15) is 13.2 Å². The van der Waals surface area contributed by atoms with E-state index in [1.807, 2.05) is 0 Å². The van der Waals surface area contributed by atoms with Crippen LogP contribution in [0.3, 0.4) is 0 Å². The third-order valence-electron chi connectivity index (χ3n) is 3.19. The van der Waals surface area contributed by atoms with Crippen molar-refractivity contribution in [2.24, 2.45) is 5.10 Å². The topological polar surface area (TPSA) is 91.7 Å². The Hall–Kier alpha value is -2.74. The van der Waals surface area contributed by atoms with Crippen LogP contribution in [0.2, 0.25) is 0 Å². The molecule has 0 spiro atoms. The summed E-state index contributed by atoms with van der Waals surface area (Å²) in [6, 6.07) is 11.0. The Labute approximate surface area is 141 Å². The molecule has 1 heterocycles. The van der Waals surface area contributed by atoms with Crippen molar-refractivity contribution in [1.82, 2.24) is 10.4 Å². The van der Waals surface area contributed by atoms with Crippen LogP contribution in [0.5, 0.6) is 0 Å². The summed E-state index contributed by atoms with van der Waals surface area (Å²) in [6.07, 6.45) is 5.73. The predicted octanol–water partition coefficient (Wildman–Crippen LogP) is 1.39. The Balaban J connectivity index is 2.13. The number of hydrogen-bond donors (Lipinski definition) is 1. The van der Waals surface area contributed by atoms with Crippen LogP contribution in [0.15, 0.2) is 60.0 Å². The number of hydrazone groups is 1. The van der Waals surface area contributed by atoms with Crippen molar-refractivity contribution >= 4 is 27.8 Å². The molecule has 0 saturated heterocycles. The van der Waals surface area contributed by atoms with Gasteiger partial charge < -0.3 is 0 Å². The van der Waals surface area contributed by atoms with Gasteiger partial charge in [0, 0.05) is 12.4 Å². The highest BCUT2D eigenvalue weighted by atomic mass is 32.2. The first kappa shape index (κ1) is 17.6. The van der Waals surface area contributed by atoms with Gasteiger partial charge in [-0.25, -0.2) is 13.8 Å². The third kappa shape index (κ3) is 4.63. The van der Waals surface area contributed by atoms with Gasteiger partial charge >= 0.3 is 0 Å². The number of nitrogens with one attached hydrogen (secondary N) is 1. The molecule has 0 aliphatic carbocycles. The number of nitrogens with zero attached hydrogens (tertiary/aromatic N) is 3. The second kappa shape index (κ2) is 7.69. The second-order valence-corrected chi connectivity index (χ2v) is 6.94. The number of carbonyl (C=O) groups is 1. The van der Waals surface area contributed by atoms with Gasteiger partial charge in [0.1, 0.15) is 6.04 Å². The first-order valence-corrected chi connectivity index (χ1v) is 9.02. The first-order chi connectivity index (χ1) is 11.4. The zero-order valence-corrected chi connectivity index (χ0v) is 14.1. The highest BCUT2D eigenvalue weighted by Gasteiger charge is 2.28. The van der Waals surface area contributed by atoms with Crippen molar-refractivity contribution in [2.45, 2.75) is 13.0 Å². The molecule has 1 amide bonds. The summed E-state index contributed by atoms with van der Waals surface area (Å²) in [4.78, 5) is 16.1. The number of amides is 1. The Morgan fingerprint density at radius 3 is 2.42 bits per heavy atom. The van der Waals surface area contributed by atoms with Gasteiger partial charge in [0.2, 0.25) is 10.0 Å². The fraction of sp³-hybridized carbons (Fsp3) is 0.188. The van der Waals surface area contributed by atoms with Crippen molar-refractivity contribution in [1.29, 1.82) is 0 Å². The third-order valence-corrected chi connectivity index (χ3v) is 4.44. The molecule has 2 aromatic rings. The second-order valence-electron chi connectivity index (χ2n) is 5.09. The smallest absolute Gasteiger partial charge is 0.263 e. The number of rotatable bonds is 6. The normalized spacial score (nSPS) is 12.8. The molecule has 1 aromatic carbocycles. The molecule has 1 N–H and O–H groups in total. The average molecular weight is 346 g/mol. The van der Waals surface area contributed by atoms with Crippen molar-refractivity contribution in [3.63, 3.8) is 0 Å². The predicted molar refractivity (Wildman–Crippen MR) is 93.2 cm³/mol. The molecule has 0 unspecified atom stereocenters. The van der Waals surface area contributed by atoms with Gasteiger partial charge in [-0.2, -0.15) is 5.10 Å². The number of sulfonamides is 1. The van der Waals surface area contributed by atoms with E-state index in [1.54, 1.807) is 54.9 Å². The molecule has 0 aliphatic heterocycles. The van der Waals surface area contributed by atoms with Gasteiger partial charge in [0.25, 0.3) is 5.91 Å². The van der Waals surface area contributed by atoms with E-state index in [-0.39, 0.29) is 0 Å². The van der Waals surface area contributed by atoms with Crippen molar-refractivity contribution in [3.8, 4) is 0 Å². The van der Waals surface area contributed by atoms with Gasteiger partial charge in [-0.05, 0) is 36.8 Å². The van der Waals surface area contributed by atoms with Crippen molar-refractivity contribution < 1.29 is 13.2 Å². The van der Waals surface area contributed by atoms with Gasteiger partial charge in [-0.1, -0.05) is 18.2 Å². The van der Waals surface area contributed by atoms with E-state index in [0.717, 1.165) is 16.1 Å². The van der Waals surface area contributed by atoms with Gasteiger partial charge in [0.15, 0.2) is 0 Å². The fourth-order valence-electron chi connectivity index (χ4n) is 2.10. The zero-order chi connectivity index (χ0) is 17.6. The summed E-state index contributed by atoms with van der Waals surface area (Å²) in [6.45, 7) is 1.51. The van der Waals surface area contributed by atoms with Crippen LogP contribution in [0, 0.1) is 0 Å². The Morgan fingerprint density at radius 2 is 1.83 bits per heavy atom. The minimum atomic E-state index is -3.63. The van der Waals surface area contributed by atoms with E-state index in [2.05, 4.69) is 15.5 Å². The molecule has 0 bridgehead atoms. The number of pyridine rings is 1. The number of para-hydroxylation sites is 1. The van der Waals surface area contributed by atoms with Crippen molar-refractivity contribution in [2.75, 3.05) is 10.6 Å². The summed E-state index contributed by atoms with van der Waals surface area (Å²) in [5, 5.41) is 3.85. The fourth-order valence-corrected chi connectivity index (χ4v) is 3.27. The molecule has 24 heavy (non-hydrogen) atoms. The van der Waals surface area contributed by atoms with Crippen LogP contribution in [0.4, 0.5) is 5.69 Å². The highest BCUT2D eigenvalue weighted by molar-refractivity contribution is 7.92. The van der Waals surface area contributed by atoms with E-state index < -0.39 is 22.0 Å². The standard InChI is InChI=1S/C16H18N4O3S/c1-13(16(21)19-18-12-14-8-10-17-11-9-14)20(24(2,22)23)15-6-4-3-5-7-15/h3-13H,1-2H3,(H,19,21)/b18-12-/t13-/m0/s1. The lowest BCUT2D eigenvalue weighted by Crippen LogP contribution is -2.46. The van der Waals surface area contributed by atoms with Crippen LogP contribution in [0.1, 0.15) is 12.5 Å². The maximum absolute atomic E-state index is 12.3. The van der Waals surface area contributed by atoms with Gasteiger partial charge in [-0.3, -0.25) is 14.1 Å². The lowest BCUT2D eigenvalue weighted by Gasteiger charge is -2.27. The molecule has 7 nitrogen and oxygen atoms in total. The summed E-state index contributed by atoms with van der Waals surface area (Å²) < 4.78 is 25.2. The molecule has 126 valence electrons. The molecule has 1 atom stereocenters. The van der Waals surface area contributed by atoms with Crippen LogP contribution in [-0.2, 0) is 14.8 Å². The minimum Gasteiger partial charge on any atom is -0.271 e. The van der Waals surface area contributed by atoms with Crippen LogP contribution >= 0.6 is 0 Å². The number of anilines is 1. The maximum atomic E-state index is 12.3. The minimum absolute atomic E-state index is 0.417. The van der Waals surface area contributed by atoms with E-state index >= 15 is 0 Å². The SMILES string of the molecule is C[C@@H](C(=O)N/N=C\c1ccncc1)N(c1ccccc1)S(C)(=O)=O. The summed E-state index contributed by atoms with van der Waals surface area (Å²) in [5.74, 6) is -0.533. The van der Waals surface area contributed by atoms with Crippen LogP contribution < -0.4 is 9.73 Å². The molecule has 0 radical (unpaired) electrons. The Bertz CT molecular complexity index is 808. The highest BCUT2D eigenvalue weighted by Crippen LogP contribution is 2.20. The molecule has 2 rings (SSSR count). The van der Waals surface area contributed by atoms with Gasteiger partial charge in [0.05, 0.1) is 18.2 Å². The van der Waals surface area contributed by atoms with E-state index in [4.69, 9.17) is 0 Å². The molecule has 1 aromatic heterocycles. The molecule has 0 aliphatic rings. The van der Waals surface area contributed by atoms with Crippen LogP contribution in [0.25, 0.3) is 0 Å². The molecular formula is C16H18N4O3S. The van der Waals surface area contributed by atoms with Crippen LogP contribution in [-0.4, -0.2) is 37.8 Å². The Kier molecular flexibility index (Phi) is 5.64. The molecule has 8 heteroatoms. The summed E-state index contributed by atoms with van der Waals surface area (Å²) in [7, 11) is -3.63. The zero-order valence-electron chi connectivity index (χ0n) is 13.3. The maximum Gasteiger partial charge on any atom is 0.263 e.